The lowest BCUT2D eigenvalue weighted by Gasteiger charge is -2.40. The molecular formula is C32H46N4O5. The van der Waals surface area contributed by atoms with Gasteiger partial charge in [0.2, 0.25) is 11.8 Å². The first-order valence-electron chi connectivity index (χ1n) is 15.0. The van der Waals surface area contributed by atoms with Crippen LogP contribution < -0.4 is 19.3 Å². The van der Waals surface area contributed by atoms with E-state index in [0.717, 1.165) is 25.2 Å². The Morgan fingerprint density at radius 2 is 1.85 bits per heavy atom. The number of aliphatic carboxylic acids is 1. The molecule has 5 rings (SSSR count). The van der Waals surface area contributed by atoms with Crippen LogP contribution in [0.5, 0.6) is 11.8 Å². The molecule has 2 aromatic rings. The van der Waals surface area contributed by atoms with E-state index in [0.29, 0.717) is 30.1 Å². The van der Waals surface area contributed by atoms with E-state index in [1.165, 1.54) is 30.5 Å². The maximum Gasteiger partial charge on any atom is 0.305 e. The minimum Gasteiger partial charge on any atom is -0.481 e. The van der Waals surface area contributed by atoms with Crippen molar-refractivity contribution in [2.45, 2.75) is 84.0 Å². The van der Waals surface area contributed by atoms with Gasteiger partial charge in [0.1, 0.15) is 6.10 Å². The zero-order chi connectivity index (χ0) is 29.3. The lowest BCUT2D eigenvalue weighted by atomic mass is 9.77. The Morgan fingerprint density at radius 1 is 1.07 bits per heavy atom. The van der Waals surface area contributed by atoms with Crippen LogP contribution in [0, 0.1) is 17.3 Å². The van der Waals surface area contributed by atoms with Gasteiger partial charge in [0, 0.05) is 75.1 Å². The van der Waals surface area contributed by atoms with Crippen LogP contribution in [0.4, 0.5) is 11.4 Å². The van der Waals surface area contributed by atoms with Gasteiger partial charge in [-0.3, -0.25) is 4.79 Å². The van der Waals surface area contributed by atoms with E-state index in [4.69, 9.17) is 14.2 Å². The van der Waals surface area contributed by atoms with Crippen molar-refractivity contribution in [1.29, 1.82) is 0 Å². The number of carbonyl (C=O) groups is 1. The molecule has 0 aromatic carbocycles. The van der Waals surface area contributed by atoms with E-state index in [2.05, 4.69) is 53.5 Å². The second kappa shape index (κ2) is 12.0. The van der Waals surface area contributed by atoms with E-state index < -0.39 is 5.97 Å². The third-order valence-electron chi connectivity index (χ3n) is 9.88. The number of carboxylic acids is 1. The van der Waals surface area contributed by atoms with Gasteiger partial charge in [0.15, 0.2) is 0 Å². The quantitative estimate of drug-likeness (QED) is 0.429. The minimum atomic E-state index is -0.805. The number of pyridine rings is 2. The zero-order valence-electron chi connectivity index (χ0n) is 25.4. The molecule has 9 heteroatoms. The zero-order valence-corrected chi connectivity index (χ0v) is 25.4. The van der Waals surface area contributed by atoms with Gasteiger partial charge < -0.3 is 29.1 Å². The topological polar surface area (TPSA) is 97.2 Å². The van der Waals surface area contributed by atoms with Crippen LogP contribution in [0.25, 0.3) is 0 Å². The number of hydrogen-bond acceptors (Lipinski definition) is 8. The molecule has 1 aliphatic carbocycles. The first-order chi connectivity index (χ1) is 19.6. The summed E-state index contributed by atoms with van der Waals surface area (Å²) in [7, 11) is 3.37. The molecule has 2 saturated heterocycles. The van der Waals surface area contributed by atoms with Gasteiger partial charge in [0.05, 0.1) is 31.5 Å². The minimum absolute atomic E-state index is 0.0121. The highest BCUT2D eigenvalue weighted by molar-refractivity contribution is 5.69. The van der Waals surface area contributed by atoms with Crippen LogP contribution >= 0.6 is 0 Å². The molecule has 4 unspecified atom stereocenters. The van der Waals surface area contributed by atoms with Crippen LogP contribution in [0.3, 0.4) is 0 Å². The monoisotopic (exact) mass is 566 g/mol. The molecule has 1 saturated carbocycles. The van der Waals surface area contributed by atoms with E-state index in [1.807, 2.05) is 18.3 Å². The van der Waals surface area contributed by atoms with Crippen molar-refractivity contribution in [1.82, 2.24) is 9.97 Å². The van der Waals surface area contributed by atoms with Gasteiger partial charge in [-0.25, -0.2) is 9.97 Å². The van der Waals surface area contributed by atoms with Crippen molar-refractivity contribution in [3.8, 4) is 11.8 Å². The standard InChI is InChI=1S/C32H46N4O5/c1-20-18-35(26-14-30(40-6)34-17-23(26)24-8-7-12-32(24,3)4)13-11-27(20)41-29-10-9-22(16-33-29)36-19-28(39-5)21(2)25(36)15-31(37)38/h9-10,14,16-17,20-21,24-25,27-28H,7-8,11-13,15,18-19H2,1-6H3,(H,37,38)/t20?,21?,24?,25-,27?,28-/m0/s1. The highest BCUT2D eigenvalue weighted by Crippen LogP contribution is 2.51. The summed E-state index contributed by atoms with van der Waals surface area (Å²) in [6, 6.07) is 5.87. The van der Waals surface area contributed by atoms with Crippen LogP contribution in [0.2, 0.25) is 0 Å². The normalized spacial score (nSPS) is 29.5. The molecule has 1 N–H and O–H groups in total. The summed E-state index contributed by atoms with van der Waals surface area (Å²) in [4.78, 5) is 25.3. The average molecular weight is 567 g/mol. The molecule has 0 radical (unpaired) electrons. The summed E-state index contributed by atoms with van der Waals surface area (Å²) >= 11 is 0. The van der Waals surface area contributed by atoms with Crippen LogP contribution in [0.15, 0.2) is 30.6 Å². The first-order valence-corrected chi connectivity index (χ1v) is 15.0. The van der Waals surface area contributed by atoms with Crippen molar-refractivity contribution in [2.24, 2.45) is 17.3 Å². The molecule has 2 aromatic heterocycles. The molecule has 41 heavy (non-hydrogen) atoms. The molecule has 0 spiro atoms. The third kappa shape index (κ3) is 6.10. The third-order valence-corrected chi connectivity index (χ3v) is 9.88. The maximum atomic E-state index is 11.5. The van der Waals surface area contributed by atoms with Gasteiger partial charge in [-0.2, -0.15) is 0 Å². The van der Waals surface area contributed by atoms with E-state index in [-0.39, 0.29) is 36.0 Å². The number of methoxy groups -OCH3 is 2. The molecule has 6 atom stereocenters. The lowest BCUT2D eigenvalue weighted by Crippen LogP contribution is -2.45. The summed E-state index contributed by atoms with van der Waals surface area (Å²) < 4.78 is 17.6. The molecule has 3 fully saturated rings. The van der Waals surface area contributed by atoms with Crippen molar-refractivity contribution < 1.29 is 24.1 Å². The van der Waals surface area contributed by atoms with Gasteiger partial charge >= 0.3 is 5.97 Å². The van der Waals surface area contributed by atoms with Gasteiger partial charge in [0.25, 0.3) is 0 Å². The highest BCUT2D eigenvalue weighted by atomic mass is 16.5. The Balaban J connectivity index is 1.26. The number of nitrogens with zero attached hydrogens (tertiary/aromatic N) is 4. The van der Waals surface area contributed by atoms with Crippen molar-refractivity contribution in [3.63, 3.8) is 0 Å². The van der Waals surface area contributed by atoms with E-state index >= 15 is 0 Å². The van der Waals surface area contributed by atoms with E-state index in [1.54, 1.807) is 20.4 Å². The summed E-state index contributed by atoms with van der Waals surface area (Å²) in [5, 5.41) is 9.46. The Morgan fingerprint density at radius 3 is 2.46 bits per heavy atom. The van der Waals surface area contributed by atoms with Crippen LogP contribution in [-0.4, -0.2) is 73.1 Å². The smallest absolute Gasteiger partial charge is 0.305 e. The highest BCUT2D eigenvalue weighted by Gasteiger charge is 2.41. The van der Waals surface area contributed by atoms with Crippen LogP contribution in [0.1, 0.15) is 71.3 Å². The fourth-order valence-electron chi connectivity index (χ4n) is 7.37. The average Bonchev–Trinajstić information content (AvgIpc) is 3.47. The number of anilines is 2. The second-order valence-electron chi connectivity index (χ2n) is 12.9. The molecule has 224 valence electrons. The number of hydrogen-bond donors (Lipinski definition) is 1. The van der Waals surface area contributed by atoms with Crippen molar-refractivity contribution in [3.05, 3.63) is 36.2 Å². The van der Waals surface area contributed by atoms with Gasteiger partial charge in [-0.1, -0.05) is 34.1 Å². The molecule has 0 bridgehead atoms. The summed E-state index contributed by atoms with van der Waals surface area (Å²) in [6.45, 7) is 11.5. The van der Waals surface area contributed by atoms with Crippen LogP contribution in [-0.2, 0) is 9.53 Å². The molecule has 4 heterocycles. The molecule has 9 nitrogen and oxygen atoms in total. The largest absolute Gasteiger partial charge is 0.481 e. The van der Waals surface area contributed by atoms with Crippen molar-refractivity contribution >= 4 is 17.3 Å². The Labute approximate surface area is 244 Å². The Bertz CT molecular complexity index is 1210. The Hall–Kier alpha value is -3.07. The number of carboxylic acid groups (broad SMARTS) is 1. The van der Waals surface area contributed by atoms with E-state index in [9.17, 15) is 9.90 Å². The van der Waals surface area contributed by atoms with Crippen molar-refractivity contribution in [2.75, 3.05) is 43.7 Å². The van der Waals surface area contributed by atoms with Gasteiger partial charge in [-0.05, 0) is 35.8 Å². The lowest BCUT2D eigenvalue weighted by molar-refractivity contribution is -0.137. The number of ether oxygens (including phenoxy) is 3. The molecule has 3 aliphatic rings. The second-order valence-corrected chi connectivity index (χ2v) is 12.9. The molecular weight excluding hydrogens is 520 g/mol. The first kappa shape index (κ1) is 29.4. The predicted molar refractivity (Wildman–Crippen MR) is 159 cm³/mol. The van der Waals surface area contributed by atoms with Gasteiger partial charge in [-0.15, -0.1) is 0 Å². The molecule has 0 amide bonds. The Kier molecular flexibility index (Phi) is 8.64. The number of rotatable bonds is 9. The molecule has 2 aliphatic heterocycles. The fourth-order valence-corrected chi connectivity index (χ4v) is 7.37. The number of aromatic nitrogens is 2. The summed E-state index contributed by atoms with van der Waals surface area (Å²) in [5.74, 6) is 1.36. The fraction of sp³-hybridized carbons (Fsp3) is 0.656. The summed E-state index contributed by atoms with van der Waals surface area (Å²) in [6.07, 6.45) is 8.54. The maximum absolute atomic E-state index is 11.5. The predicted octanol–water partition coefficient (Wildman–Crippen LogP) is 5.39. The number of piperidine rings is 1. The summed E-state index contributed by atoms with van der Waals surface area (Å²) in [5.41, 5.74) is 3.74. The SMILES string of the molecule is COc1cc(N2CCC(Oc3ccc(N4C[C@H](OC)C(C)[C@@H]4CC(=O)O)cn3)C(C)C2)c(C2CCCC2(C)C)cn1.